The Bertz CT molecular complexity index is 993. The van der Waals surface area contributed by atoms with E-state index in [1.165, 1.54) is 6.26 Å². The summed E-state index contributed by atoms with van der Waals surface area (Å²) in [5, 5.41) is 6.38. The van der Waals surface area contributed by atoms with E-state index in [9.17, 15) is 9.59 Å². The Labute approximate surface area is 167 Å². The number of furan rings is 1. The largest absolute Gasteiger partial charge is 0.459 e. The molecule has 0 saturated heterocycles. The van der Waals surface area contributed by atoms with Crippen molar-refractivity contribution in [3.05, 3.63) is 83.3 Å². The van der Waals surface area contributed by atoms with Gasteiger partial charge in [0.1, 0.15) is 0 Å². The third-order valence-electron chi connectivity index (χ3n) is 5.16. The molecule has 28 heavy (non-hydrogen) atoms. The fraction of sp³-hybridized carbons (Fsp3) is 0.182. The van der Waals surface area contributed by atoms with Crippen LogP contribution in [-0.2, 0) is 10.2 Å². The van der Waals surface area contributed by atoms with Crippen molar-refractivity contribution in [1.29, 1.82) is 0 Å². The van der Waals surface area contributed by atoms with Gasteiger partial charge >= 0.3 is 0 Å². The predicted octanol–water partition coefficient (Wildman–Crippen LogP) is 5.25. The summed E-state index contributed by atoms with van der Waals surface area (Å²) in [6, 6.07) is 17.8. The van der Waals surface area contributed by atoms with Crippen LogP contribution in [0.5, 0.6) is 0 Å². The molecule has 1 heterocycles. The van der Waals surface area contributed by atoms with E-state index in [1.807, 2.05) is 24.3 Å². The van der Waals surface area contributed by atoms with Gasteiger partial charge in [-0.25, -0.2) is 0 Å². The van der Waals surface area contributed by atoms with Gasteiger partial charge in [-0.2, -0.15) is 0 Å². The third kappa shape index (κ3) is 3.53. The van der Waals surface area contributed by atoms with E-state index in [4.69, 9.17) is 16.0 Å². The second kappa shape index (κ2) is 7.52. The van der Waals surface area contributed by atoms with Gasteiger partial charge in [-0.3, -0.25) is 9.59 Å². The molecule has 0 atom stereocenters. The molecule has 3 aromatic rings. The highest BCUT2D eigenvalue weighted by Crippen LogP contribution is 2.45. The quantitative estimate of drug-likeness (QED) is 0.621. The predicted molar refractivity (Wildman–Crippen MR) is 109 cm³/mol. The Kier molecular flexibility index (Phi) is 4.92. The number of hydrogen-bond donors (Lipinski definition) is 2. The number of rotatable bonds is 5. The van der Waals surface area contributed by atoms with E-state index >= 15 is 0 Å². The van der Waals surface area contributed by atoms with Gasteiger partial charge in [0, 0.05) is 16.4 Å². The number of carbonyl (C=O) groups is 2. The zero-order valence-corrected chi connectivity index (χ0v) is 15.8. The van der Waals surface area contributed by atoms with Gasteiger partial charge in [0.05, 0.1) is 11.7 Å². The van der Waals surface area contributed by atoms with E-state index in [0.717, 1.165) is 24.8 Å². The highest BCUT2D eigenvalue weighted by atomic mass is 35.5. The van der Waals surface area contributed by atoms with Crippen molar-refractivity contribution < 1.29 is 14.0 Å². The number of amides is 2. The van der Waals surface area contributed by atoms with Crippen molar-refractivity contribution >= 4 is 34.8 Å². The molecule has 0 radical (unpaired) electrons. The van der Waals surface area contributed by atoms with Gasteiger partial charge in [0.15, 0.2) is 5.76 Å². The summed E-state index contributed by atoms with van der Waals surface area (Å²) in [6.07, 6.45) is 4.06. The monoisotopic (exact) mass is 394 g/mol. The number of nitrogens with one attached hydrogen (secondary N) is 2. The number of benzene rings is 2. The molecule has 1 fully saturated rings. The standard InChI is InChI=1S/C22H19ClN2O3/c23-16-5-1-4-15(14-16)22(11-3-12-22)21(27)25-18-9-7-17(8-10-18)24-20(26)19-6-2-13-28-19/h1-2,4-10,13-14H,3,11-12H2,(H,24,26)(H,25,27). The second-order valence-electron chi connectivity index (χ2n) is 6.91. The normalized spacial score (nSPS) is 14.8. The molecule has 0 unspecified atom stereocenters. The number of anilines is 2. The summed E-state index contributed by atoms with van der Waals surface area (Å²) in [6.45, 7) is 0. The minimum Gasteiger partial charge on any atom is -0.459 e. The molecule has 1 saturated carbocycles. The molecular formula is C22H19ClN2O3. The molecule has 142 valence electrons. The van der Waals surface area contributed by atoms with Gasteiger partial charge < -0.3 is 15.1 Å². The average Bonchev–Trinajstić information content (AvgIpc) is 3.17. The maximum absolute atomic E-state index is 13.0. The fourth-order valence-corrected chi connectivity index (χ4v) is 3.64. The first-order valence-electron chi connectivity index (χ1n) is 9.09. The minimum absolute atomic E-state index is 0.0339. The Hall–Kier alpha value is -3.05. The maximum Gasteiger partial charge on any atom is 0.291 e. The Morgan fingerprint density at radius 3 is 2.21 bits per heavy atom. The van der Waals surface area contributed by atoms with Crippen LogP contribution in [-0.4, -0.2) is 11.8 Å². The first kappa shape index (κ1) is 18.3. The van der Waals surface area contributed by atoms with Crippen molar-refractivity contribution in [3.8, 4) is 0 Å². The molecule has 1 aromatic heterocycles. The van der Waals surface area contributed by atoms with E-state index in [-0.39, 0.29) is 17.6 Å². The van der Waals surface area contributed by atoms with E-state index < -0.39 is 5.41 Å². The molecule has 2 amide bonds. The molecule has 0 spiro atoms. The van der Waals surface area contributed by atoms with Gasteiger partial charge in [-0.1, -0.05) is 30.2 Å². The first-order chi connectivity index (χ1) is 13.6. The van der Waals surface area contributed by atoms with Crippen LogP contribution >= 0.6 is 11.6 Å². The van der Waals surface area contributed by atoms with Crippen LogP contribution < -0.4 is 10.6 Å². The minimum atomic E-state index is -0.531. The Morgan fingerprint density at radius 1 is 0.929 bits per heavy atom. The van der Waals surface area contributed by atoms with Gasteiger partial charge in [-0.15, -0.1) is 0 Å². The number of carbonyl (C=O) groups excluding carboxylic acids is 2. The van der Waals surface area contributed by atoms with E-state index in [2.05, 4.69) is 10.6 Å². The third-order valence-corrected chi connectivity index (χ3v) is 5.40. The van der Waals surface area contributed by atoms with Crippen molar-refractivity contribution in [2.24, 2.45) is 0 Å². The van der Waals surface area contributed by atoms with E-state index in [0.29, 0.717) is 16.4 Å². The maximum atomic E-state index is 13.0. The highest BCUT2D eigenvalue weighted by Gasteiger charge is 2.45. The zero-order valence-electron chi connectivity index (χ0n) is 15.1. The van der Waals surface area contributed by atoms with Crippen LogP contribution in [0.1, 0.15) is 35.4 Å². The van der Waals surface area contributed by atoms with Crippen LogP contribution in [0.15, 0.2) is 71.3 Å². The molecule has 2 N–H and O–H groups in total. The molecule has 4 rings (SSSR count). The zero-order chi connectivity index (χ0) is 19.6. The number of halogens is 1. The Morgan fingerprint density at radius 2 is 1.64 bits per heavy atom. The summed E-state index contributed by atoms with van der Waals surface area (Å²) >= 11 is 6.12. The second-order valence-corrected chi connectivity index (χ2v) is 7.35. The summed E-state index contributed by atoms with van der Waals surface area (Å²) in [7, 11) is 0. The van der Waals surface area contributed by atoms with Gasteiger partial charge in [-0.05, 0) is 66.9 Å². The average molecular weight is 395 g/mol. The van der Waals surface area contributed by atoms with Gasteiger partial charge in [0.25, 0.3) is 5.91 Å². The molecule has 2 aromatic carbocycles. The summed E-state index contributed by atoms with van der Waals surface area (Å²) < 4.78 is 5.07. The lowest BCUT2D eigenvalue weighted by Gasteiger charge is -2.40. The number of hydrogen-bond acceptors (Lipinski definition) is 3. The fourth-order valence-electron chi connectivity index (χ4n) is 3.45. The smallest absolute Gasteiger partial charge is 0.291 e. The lowest BCUT2D eigenvalue weighted by molar-refractivity contribution is -0.124. The molecule has 0 aliphatic heterocycles. The highest BCUT2D eigenvalue weighted by molar-refractivity contribution is 6.30. The van der Waals surface area contributed by atoms with Crippen LogP contribution in [0, 0.1) is 0 Å². The van der Waals surface area contributed by atoms with Crippen LogP contribution in [0.4, 0.5) is 11.4 Å². The lowest BCUT2D eigenvalue weighted by atomic mass is 9.64. The van der Waals surface area contributed by atoms with Crippen molar-refractivity contribution in [1.82, 2.24) is 0 Å². The molecular weight excluding hydrogens is 376 g/mol. The Balaban J connectivity index is 1.45. The van der Waals surface area contributed by atoms with E-state index in [1.54, 1.807) is 36.4 Å². The first-order valence-corrected chi connectivity index (χ1v) is 9.47. The molecule has 0 bridgehead atoms. The molecule has 1 aliphatic carbocycles. The topological polar surface area (TPSA) is 71.3 Å². The lowest BCUT2D eigenvalue weighted by Crippen LogP contribution is -2.46. The SMILES string of the molecule is O=C(Nc1ccc(NC(=O)C2(c3cccc(Cl)c3)CCC2)cc1)c1ccco1. The molecule has 6 heteroatoms. The van der Waals surface area contributed by atoms with Crippen LogP contribution in [0.25, 0.3) is 0 Å². The molecule has 5 nitrogen and oxygen atoms in total. The van der Waals surface area contributed by atoms with Crippen molar-refractivity contribution in [2.45, 2.75) is 24.7 Å². The van der Waals surface area contributed by atoms with Gasteiger partial charge in [0.2, 0.25) is 5.91 Å². The van der Waals surface area contributed by atoms with Crippen molar-refractivity contribution in [3.63, 3.8) is 0 Å². The van der Waals surface area contributed by atoms with Crippen LogP contribution in [0.2, 0.25) is 5.02 Å². The summed E-state index contributed by atoms with van der Waals surface area (Å²) in [4.78, 5) is 25.0. The van der Waals surface area contributed by atoms with Crippen molar-refractivity contribution in [2.75, 3.05) is 10.6 Å². The summed E-state index contributed by atoms with van der Waals surface area (Å²) in [5.41, 5.74) is 1.71. The van der Waals surface area contributed by atoms with Crippen LogP contribution in [0.3, 0.4) is 0 Å². The summed E-state index contributed by atoms with van der Waals surface area (Å²) in [5.74, 6) is -0.115. The molecule has 1 aliphatic rings.